The summed E-state index contributed by atoms with van der Waals surface area (Å²) in [5.41, 5.74) is -0.834. The quantitative estimate of drug-likeness (QED) is 0.702. The Bertz CT molecular complexity index is 483. The van der Waals surface area contributed by atoms with Gasteiger partial charge in [-0.25, -0.2) is 4.79 Å². The van der Waals surface area contributed by atoms with E-state index < -0.39 is 11.2 Å². The molecular weight excluding hydrogens is 184 g/mol. The molecule has 0 bridgehead atoms. The van der Waals surface area contributed by atoms with Gasteiger partial charge in [-0.05, 0) is 13.0 Å². The van der Waals surface area contributed by atoms with Crippen molar-refractivity contribution < 1.29 is 4.74 Å². The van der Waals surface area contributed by atoms with Gasteiger partial charge in [0.1, 0.15) is 0 Å². The molecule has 74 valence electrons. The van der Waals surface area contributed by atoms with Crippen LogP contribution in [0.1, 0.15) is 19.6 Å². The molecule has 0 aromatic carbocycles. The maximum atomic E-state index is 11.3. The largest absolute Gasteiger partial charge is 0.475 e. The summed E-state index contributed by atoms with van der Waals surface area (Å²) in [4.78, 5) is 24.3. The van der Waals surface area contributed by atoms with Gasteiger partial charge in [-0.3, -0.25) is 14.3 Å². The summed E-state index contributed by atoms with van der Waals surface area (Å²) in [5, 5.41) is 0. The number of hydrogen-bond acceptors (Lipinski definition) is 3. The second kappa shape index (κ2) is 3.17. The fraction of sp³-hybridized carbons (Fsp3) is 0.333. The number of allylic oxidation sites excluding steroid dienone is 1. The molecule has 0 fully saturated rings. The molecule has 5 nitrogen and oxygen atoms in total. The average molecular weight is 194 g/mol. The molecule has 2 rings (SSSR count). The van der Waals surface area contributed by atoms with Gasteiger partial charge in [0.2, 0.25) is 0 Å². The molecule has 1 N–H and O–H groups in total. The van der Waals surface area contributed by atoms with Crippen LogP contribution in [0.2, 0.25) is 0 Å². The number of ether oxygens (including phenoxy) is 1. The molecule has 0 saturated carbocycles. The number of aromatic amines is 1. The lowest BCUT2D eigenvalue weighted by Crippen LogP contribution is -2.31. The van der Waals surface area contributed by atoms with Crippen molar-refractivity contribution in [3.63, 3.8) is 0 Å². The molecule has 2 heterocycles. The van der Waals surface area contributed by atoms with E-state index in [0.717, 1.165) is 5.76 Å². The van der Waals surface area contributed by atoms with Crippen LogP contribution in [0.15, 0.2) is 33.7 Å². The second-order valence-electron chi connectivity index (χ2n) is 3.14. The average Bonchev–Trinajstić information content (AvgIpc) is 2.51. The smallest absolute Gasteiger partial charge is 0.331 e. The highest BCUT2D eigenvalue weighted by atomic mass is 16.5. The van der Waals surface area contributed by atoms with E-state index in [4.69, 9.17) is 4.74 Å². The van der Waals surface area contributed by atoms with Crippen LogP contribution in [0.25, 0.3) is 0 Å². The molecule has 0 aliphatic carbocycles. The zero-order chi connectivity index (χ0) is 10.1. The van der Waals surface area contributed by atoms with E-state index in [1.54, 1.807) is 0 Å². The molecule has 0 radical (unpaired) electrons. The highest BCUT2D eigenvalue weighted by Crippen LogP contribution is 2.23. The van der Waals surface area contributed by atoms with Crippen molar-refractivity contribution in [3.8, 4) is 0 Å². The van der Waals surface area contributed by atoms with Crippen LogP contribution < -0.4 is 11.2 Å². The Hall–Kier alpha value is -1.78. The van der Waals surface area contributed by atoms with E-state index in [-0.39, 0.29) is 6.23 Å². The van der Waals surface area contributed by atoms with Crippen LogP contribution in [0.4, 0.5) is 0 Å². The van der Waals surface area contributed by atoms with Crippen LogP contribution in [-0.4, -0.2) is 9.55 Å². The molecule has 1 aliphatic heterocycles. The fourth-order valence-corrected chi connectivity index (χ4v) is 1.40. The molecule has 0 saturated heterocycles. The summed E-state index contributed by atoms with van der Waals surface area (Å²) in [7, 11) is 0. The minimum absolute atomic E-state index is 0.320. The third-order valence-corrected chi connectivity index (χ3v) is 2.09. The molecule has 0 unspecified atom stereocenters. The lowest BCUT2D eigenvalue weighted by Gasteiger charge is -2.13. The Morgan fingerprint density at radius 2 is 2.36 bits per heavy atom. The lowest BCUT2D eigenvalue weighted by molar-refractivity contribution is 0.0792. The number of rotatable bonds is 1. The Kier molecular flexibility index (Phi) is 1.99. The Balaban J connectivity index is 2.35. The molecule has 14 heavy (non-hydrogen) atoms. The molecule has 1 atom stereocenters. The fourth-order valence-electron chi connectivity index (χ4n) is 1.40. The Labute approximate surface area is 79.6 Å². The number of nitrogens with one attached hydrogen (secondary N) is 1. The third kappa shape index (κ3) is 1.48. The SMILES string of the molecule is CC1=CC[C@@H](n2ccc(=O)[nH]c2=O)O1. The highest BCUT2D eigenvalue weighted by molar-refractivity contribution is 4.98. The molecule has 0 amide bonds. The summed E-state index contributed by atoms with van der Waals surface area (Å²) in [5.74, 6) is 0.799. The van der Waals surface area contributed by atoms with Gasteiger partial charge in [-0.2, -0.15) is 0 Å². The van der Waals surface area contributed by atoms with E-state index in [2.05, 4.69) is 4.98 Å². The van der Waals surface area contributed by atoms with Gasteiger partial charge >= 0.3 is 5.69 Å². The molecule has 1 aromatic heterocycles. The van der Waals surface area contributed by atoms with Crippen molar-refractivity contribution in [1.29, 1.82) is 0 Å². The first-order valence-electron chi connectivity index (χ1n) is 4.32. The topological polar surface area (TPSA) is 64.1 Å². The zero-order valence-electron chi connectivity index (χ0n) is 7.69. The molecular formula is C9H10N2O3. The van der Waals surface area contributed by atoms with Gasteiger partial charge in [-0.1, -0.05) is 0 Å². The monoisotopic (exact) mass is 194 g/mol. The van der Waals surface area contributed by atoms with Crippen LogP contribution in [0, 0.1) is 0 Å². The van der Waals surface area contributed by atoms with Crippen molar-refractivity contribution in [2.45, 2.75) is 19.6 Å². The molecule has 0 spiro atoms. The van der Waals surface area contributed by atoms with Gasteiger partial charge in [-0.15, -0.1) is 0 Å². The van der Waals surface area contributed by atoms with Gasteiger partial charge in [0, 0.05) is 18.7 Å². The molecule has 1 aromatic rings. The summed E-state index contributed by atoms with van der Waals surface area (Å²) < 4.78 is 6.74. The number of hydrogen-bond donors (Lipinski definition) is 1. The normalized spacial score (nSPS) is 20.4. The van der Waals surface area contributed by atoms with Crippen molar-refractivity contribution in [1.82, 2.24) is 9.55 Å². The number of aromatic nitrogens is 2. The van der Waals surface area contributed by atoms with Gasteiger partial charge in [0.25, 0.3) is 5.56 Å². The van der Waals surface area contributed by atoms with E-state index in [9.17, 15) is 9.59 Å². The first-order chi connectivity index (χ1) is 6.66. The molecule has 5 heteroatoms. The Morgan fingerprint density at radius 1 is 1.57 bits per heavy atom. The maximum Gasteiger partial charge on any atom is 0.331 e. The predicted molar refractivity (Wildman–Crippen MR) is 49.8 cm³/mol. The van der Waals surface area contributed by atoms with Gasteiger partial charge in [0.15, 0.2) is 6.23 Å². The first-order valence-corrected chi connectivity index (χ1v) is 4.32. The van der Waals surface area contributed by atoms with Crippen LogP contribution >= 0.6 is 0 Å². The van der Waals surface area contributed by atoms with Gasteiger partial charge < -0.3 is 4.74 Å². The van der Waals surface area contributed by atoms with E-state index in [1.807, 2.05) is 13.0 Å². The lowest BCUT2D eigenvalue weighted by atomic mass is 10.4. The second-order valence-corrected chi connectivity index (χ2v) is 3.14. The first kappa shape index (κ1) is 8.80. The van der Waals surface area contributed by atoms with Crippen molar-refractivity contribution in [2.24, 2.45) is 0 Å². The highest BCUT2D eigenvalue weighted by Gasteiger charge is 2.17. The van der Waals surface area contributed by atoms with Crippen molar-refractivity contribution in [3.05, 3.63) is 44.9 Å². The van der Waals surface area contributed by atoms with E-state index >= 15 is 0 Å². The minimum Gasteiger partial charge on any atom is -0.475 e. The third-order valence-electron chi connectivity index (χ3n) is 2.09. The minimum atomic E-state index is -0.439. The zero-order valence-corrected chi connectivity index (χ0v) is 7.69. The van der Waals surface area contributed by atoms with Crippen molar-refractivity contribution >= 4 is 0 Å². The summed E-state index contributed by atoms with van der Waals surface area (Å²) >= 11 is 0. The molecule has 1 aliphatic rings. The van der Waals surface area contributed by atoms with E-state index in [1.165, 1.54) is 16.8 Å². The summed E-state index contributed by atoms with van der Waals surface area (Å²) in [6.07, 6.45) is 3.68. The summed E-state index contributed by atoms with van der Waals surface area (Å²) in [6.45, 7) is 1.83. The van der Waals surface area contributed by atoms with Crippen LogP contribution in [-0.2, 0) is 4.74 Å². The number of nitrogens with zero attached hydrogens (tertiary/aromatic N) is 1. The standard InChI is InChI=1S/C9H10N2O3/c1-6-2-3-8(14-6)11-5-4-7(12)10-9(11)13/h2,4-5,8H,3H2,1H3,(H,10,12,13)/t8-/m0/s1. The Morgan fingerprint density at radius 3 is 2.93 bits per heavy atom. The predicted octanol–water partition coefficient (Wildman–Crippen LogP) is 0.359. The van der Waals surface area contributed by atoms with Crippen LogP contribution in [0.5, 0.6) is 0 Å². The maximum absolute atomic E-state index is 11.3. The van der Waals surface area contributed by atoms with E-state index in [0.29, 0.717) is 6.42 Å². The summed E-state index contributed by atoms with van der Waals surface area (Å²) in [6, 6.07) is 1.30. The van der Waals surface area contributed by atoms with Crippen LogP contribution in [0.3, 0.4) is 0 Å². The van der Waals surface area contributed by atoms with Gasteiger partial charge in [0.05, 0.1) is 5.76 Å². The van der Waals surface area contributed by atoms with Crippen molar-refractivity contribution in [2.75, 3.05) is 0 Å². The number of H-pyrrole nitrogens is 1.